The van der Waals surface area contributed by atoms with Crippen LogP contribution < -0.4 is 10.9 Å². The number of amides is 1. The molecule has 0 atom stereocenters. The van der Waals surface area contributed by atoms with Gasteiger partial charge in [-0.2, -0.15) is 0 Å². The van der Waals surface area contributed by atoms with Crippen molar-refractivity contribution in [3.63, 3.8) is 0 Å². The molecule has 32 heavy (non-hydrogen) atoms. The average Bonchev–Trinajstić information content (AvgIpc) is 3.26. The molecule has 3 heterocycles. The minimum absolute atomic E-state index is 0.138. The van der Waals surface area contributed by atoms with E-state index in [1.54, 1.807) is 36.8 Å². The highest BCUT2D eigenvalue weighted by Gasteiger charge is 2.13. The standard InChI is InChI=1S/C24H26N6O2/c1-3-30(4-2)12-11-26-23(31)17-5-6-20-21(14-17)29-22(28-20)19-13-18(15-27-24(19)32)16-7-9-25-10-8-16/h5-10,13-15H,3-4,11-12H2,1-2H3,(H,26,31)(H,27,32)(H,28,29). The highest BCUT2D eigenvalue weighted by Crippen LogP contribution is 2.23. The van der Waals surface area contributed by atoms with Crippen molar-refractivity contribution >= 4 is 16.9 Å². The summed E-state index contributed by atoms with van der Waals surface area (Å²) in [5.41, 5.74) is 3.91. The molecule has 0 saturated heterocycles. The van der Waals surface area contributed by atoms with E-state index in [4.69, 9.17) is 0 Å². The van der Waals surface area contributed by atoms with Gasteiger partial charge in [0, 0.05) is 37.2 Å². The van der Waals surface area contributed by atoms with Crippen LogP contribution in [0.5, 0.6) is 0 Å². The number of benzene rings is 1. The molecule has 8 nitrogen and oxygen atoms in total. The van der Waals surface area contributed by atoms with Crippen LogP contribution in [0.2, 0.25) is 0 Å². The first kappa shape index (κ1) is 21.5. The molecule has 1 aromatic carbocycles. The van der Waals surface area contributed by atoms with E-state index in [-0.39, 0.29) is 11.5 Å². The lowest BCUT2D eigenvalue weighted by atomic mass is 10.1. The lowest BCUT2D eigenvalue weighted by Gasteiger charge is -2.17. The van der Waals surface area contributed by atoms with E-state index in [1.807, 2.05) is 18.2 Å². The molecule has 3 N–H and O–H groups in total. The topological polar surface area (TPSA) is 107 Å². The summed E-state index contributed by atoms with van der Waals surface area (Å²) in [5, 5.41) is 2.96. The highest BCUT2D eigenvalue weighted by atomic mass is 16.1. The molecule has 8 heteroatoms. The minimum Gasteiger partial charge on any atom is -0.351 e. The van der Waals surface area contributed by atoms with Gasteiger partial charge >= 0.3 is 0 Å². The van der Waals surface area contributed by atoms with E-state index in [0.717, 1.165) is 36.3 Å². The van der Waals surface area contributed by atoms with E-state index in [1.165, 1.54) is 0 Å². The smallest absolute Gasteiger partial charge is 0.259 e. The Morgan fingerprint density at radius 1 is 1.06 bits per heavy atom. The van der Waals surface area contributed by atoms with E-state index < -0.39 is 0 Å². The molecule has 4 rings (SSSR count). The van der Waals surface area contributed by atoms with Crippen molar-refractivity contribution in [2.24, 2.45) is 0 Å². The third-order valence-electron chi connectivity index (χ3n) is 5.53. The summed E-state index contributed by atoms with van der Waals surface area (Å²) in [6, 6.07) is 10.9. The lowest BCUT2D eigenvalue weighted by Crippen LogP contribution is -2.34. The van der Waals surface area contributed by atoms with Crippen molar-refractivity contribution in [1.82, 2.24) is 30.2 Å². The van der Waals surface area contributed by atoms with Gasteiger partial charge in [0.1, 0.15) is 5.82 Å². The summed E-state index contributed by atoms with van der Waals surface area (Å²) in [4.78, 5) is 41.9. The number of fused-ring (bicyclic) bond motifs is 1. The Kier molecular flexibility index (Phi) is 6.42. The van der Waals surface area contributed by atoms with Gasteiger partial charge in [-0.05, 0) is 60.6 Å². The number of rotatable bonds is 8. The number of carbonyl (C=O) groups excluding carboxylic acids is 1. The molecule has 0 spiro atoms. The second-order valence-electron chi connectivity index (χ2n) is 7.47. The molecule has 0 bridgehead atoms. The van der Waals surface area contributed by atoms with Crippen LogP contribution in [0.3, 0.4) is 0 Å². The second kappa shape index (κ2) is 9.57. The van der Waals surface area contributed by atoms with Crippen LogP contribution in [0.4, 0.5) is 0 Å². The molecule has 1 amide bonds. The number of likely N-dealkylation sites (N-methyl/N-ethyl adjacent to an activating group) is 1. The Labute approximate surface area is 185 Å². The van der Waals surface area contributed by atoms with Gasteiger partial charge in [0.05, 0.1) is 16.6 Å². The summed E-state index contributed by atoms with van der Waals surface area (Å²) in [5.74, 6) is 0.317. The summed E-state index contributed by atoms with van der Waals surface area (Å²) in [7, 11) is 0. The Morgan fingerprint density at radius 2 is 1.84 bits per heavy atom. The van der Waals surface area contributed by atoms with Crippen molar-refractivity contribution in [2.45, 2.75) is 13.8 Å². The monoisotopic (exact) mass is 430 g/mol. The second-order valence-corrected chi connectivity index (χ2v) is 7.47. The maximum Gasteiger partial charge on any atom is 0.259 e. The zero-order valence-electron chi connectivity index (χ0n) is 18.2. The molecule has 0 aliphatic heterocycles. The van der Waals surface area contributed by atoms with Crippen LogP contribution in [-0.4, -0.2) is 56.9 Å². The number of aromatic nitrogens is 4. The van der Waals surface area contributed by atoms with Crippen LogP contribution in [-0.2, 0) is 0 Å². The van der Waals surface area contributed by atoms with Gasteiger partial charge in [0.25, 0.3) is 11.5 Å². The van der Waals surface area contributed by atoms with Gasteiger partial charge in [-0.3, -0.25) is 14.6 Å². The zero-order chi connectivity index (χ0) is 22.5. The number of H-pyrrole nitrogens is 2. The molecule has 0 radical (unpaired) electrons. The van der Waals surface area contributed by atoms with Crippen molar-refractivity contribution in [3.8, 4) is 22.5 Å². The fraction of sp³-hybridized carbons (Fsp3) is 0.250. The van der Waals surface area contributed by atoms with Crippen molar-refractivity contribution in [3.05, 3.63) is 70.9 Å². The molecule has 3 aromatic heterocycles. The fourth-order valence-electron chi connectivity index (χ4n) is 3.61. The first-order valence-corrected chi connectivity index (χ1v) is 10.7. The highest BCUT2D eigenvalue weighted by molar-refractivity contribution is 5.97. The third kappa shape index (κ3) is 4.60. The lowest BCUT2D eigenvalue weighted by molar-refractivity contribution is 0.0949. The molecule has 0 fully saturated rings. The van der Waals surface area contributed by atoms with E-state index in [2.05, 4.69) is 44.0 Å². The Bertz CT molecular complexity index is 1270. The minimum atomic E-state index is -0.240. The number of aromatic amines is 2. The molecular weight excluding hydrogens is 404 g/mol. The van der Waals surface area contributed by atoms with Crippen molar-refractivity contribution in [2.75, 3.05) is 26.2 Å². The predicted molar refractivity (Wildman–Crippen MR) is 126 cm³/mol. The van der Waals surface area contributed by atoms with Gasteiger partial charge in [-0.1, -0.05) is 13.8 Å². The quantitative estimate of drug-likeness (QED) is 0.398. The van der Waals surface area contributed by atoms with Gasteiger partial charge < -0.3 is 20.2 Å². The zero-order valence-corrected chi connectivity index (χ0v) is 18.2. The van der Waals surface area contributed by atoms with Crippen molar-refractivity contribution < 1.29 is 4.79 Å². The van der Waals surface area contributed by atoms with Crippen molar-refractivity contribution in [1.29, 1.82) is 0 Å². The Hall–Kier alpha value is -3.78. The molecule has 0 saturated carbocycles. The largest absolute Gasteiger partial charge is 0.351 e. The van der Waals surface area contributed by atoms with Gasteiger partial charge in [-0.15, -0.1) is 0 Å². The van der Waals surface area contributed by atoms with Gasteiger partial charge in [0.2, 0.25) is 0 Å². The predicted octanol–water partition coefficient (Wildman–Crippen LogP) is 3.05. The van der Waals surface area contributed by atoms with E-state index in [0.29, 0.717) is 29.0 Å². The number of carbonyl (C=O) groups is 1. The number of imidazole rings is 1. The molecular formula is C24H26N6O2. The number of hydrogen-bond donors (Lipinski definition) is 3. The number of hydrogen-bond acceptors (Lipinski definition) is 5. The van der Waals surface area contributed by atoms with E-state index in [9.17, 15) is 9.59 Å². The molecule has 164 valence electrons. The molecule has 0 aliphatic rings. The maximum atomic E-state index is 12.6. The maximum absolute atomic E-state index is 12.6. The third-order valence-corrected chi connectivity index (χ3v) is 5.53. The summed E-state index contributed by atoms with van der Waals surface area (Å²) in [6.07, 6.45) is 5.08. The number of nitrogens with one attached hydrogen (secondary N) is 3. The normalized spacial score (nSPS) is 11.2. The number of nitrogens with zero attached hydrogens (tertiary/aromatic N) is 3. The number of pyridine rings is 2. The van der Waals surface area contributed by atoms with Crippen LogP contribution >= 0.6 is 0 Å². The van der Waals surface area contributed by atoms with Crippen LogP contribution in [0.1, 0.15) is 24.2 Å². The Morgan fingerprint density at radius 3 is 2.59 bits per heavy atom. The SMILES string of the molecule is CCN(CC)CCNC(=O)c1ccc2[nH]c(-c3cc(-c4ccncc4)c[nH]c3=O)nc2c1. The molecule has 0 aliphatic carbocycles. The molecule has 4 aromatic rings. The van der Waals surface area contributed by atoms with Crippen LogP contribution in [0, 0.1) is 0 Å². The summed E-state index contributed by atoms with van der Waals surface area (Å²) >= 11 is 0. The van der Waals surface area contributed by atoms with E-state index >= 15 is 0 Å². The first-order chi connectivity index (χ1) is 15.6. The van der Waals surface area contributed by atoms with Gasteiger partial charge in [-0.25, -0.2) is 4.98 Å². The Balaban J connectivity index is 1.57. The first-order valence-electron chi connectivity index (χ1n) is 10.7. The average molecular weight is 431 g/mol. The fourth-order valence-corrected chi connectivity index (χ4v) is 3.61. The summed E-state index contributed by atoms with van der Waals surface area (Å²) < 4.78 is 0. The van der Waals surface area contributed by atoms with Gasteiger partial charge in [0.15, 0.2) is 0 Å². The van der Waals surface area contributed by atoms with Crippen LogP contribution in [0.15, 0.2) is 59.8 Å². The molecule has 0 unspecified atom stereocenters. The van der Waals surface area contributed by atoms with Crippen LogP contribution in [0.25, 0.3) is 33.5 Å². The summed E-state index contributed by atoms with van der Waals surface area (Å²) in [6.45, 7) is 7.51.